The number of halogens is 3. The predicted molar refractivity (Wildman–Crippen MR) is 102 cm³/mol. The van der Waals surface area contributed by atoms with Crippen molar-refractivity contribution in [2.24, 2.45) is 0 Å². The van der Waals surface area contributed by atoms with Crippen molar-refractivity contribution in [3.63, 3.8) is 0 Å². The van der Waals surface area contributed by atoms with Gasteiger partial charge in [0.05, 0.1) is 5.69 Å². The lowest BCUT2D eigenvalue weighted by Gasteiger charge is -2.29. The van der Waals surface area contributed by atoms with E-state index in [-0.39, 0.29) is 30.7 Å². The van der Waals surface area contributed by atoms with Crippen molar-refractivity contribution in [1.82, 2.24) is 5.32 Å². The van der Waals surface area contributed by atoms with E-state index in [1.807, 2.05) is 0 Å². The van der Waals surface area contributed by atoms with Crippen LogP contribution in [0.4, 0.5) is 14.5 Å². The summed E-state index contributed by atoms with van der Waals surface area (Å²) in [6.45, 7) is -2.75. The molecule has 3 rings (SSSR count). The van der Waals surface area contributed by atoms with Crippen LogP contribution < -0.4 is 19.7 Å². The van der Waals surface area contributed by atoms with E-state index in [9.17, 15) is 18.4 Å². The van der Waals surface area contributed by atoms with Crippen molar-refractivity contribution in [1.29, 1.82) is 0 Å². The van der Waals surface area contributed by atoms with Crippen LogP contribution in [-0.4, -0.2) is 38.1 Å². The zero-order valence-electron chi connectivity index (χ0n) is 14.7. The Balaban J connectivity index is 1.51. The second-order valence-corrected chi connectivity index (χ2v) is 6.92. The molecule has 6 nitrogen and oxygen atoms in total. The summed E-state index contributed by atoms with van der Waals surface area (Å²) < 4.78 is 34.8. The molecule has 0 saturated heterocycles. The number of nitrogens with one attached hydrogen (secondary N) is 1. The van der Waals surface area contributed by atoms with E-state index in [0.29, 0.717) is 24.4 Å². The third-order valence-electron chi connectivity index (χ3n) is 4.05. The Morgan fingerprint density at radius 3 is 2.71 bits per heavy atom. The average molecular weight is 455 g/mol. The van der Waals surface area contributed by atoms with E-state index in [1.165, 1.54) is 17.0 Å². The summed E-state index contributed by atoms with van der Waals surface area (Å²) in [4.78, 5) is 25.8. The molecular weight excluding hydrogens is 438 g/mol. The van der Waals surface area contributed by atoms with Gasteiger partial charge in [-0.2, -0.15) is 8.78 Å². The highest BCUT2D eigenvalue weighted by atomic mass is 79.9. The van der Waals surface area contributed by atoms with E-state index < -0.39 is 6.61 Å². The Bertz CT molecular complexity index is 862. The minimum absolute atomic E-state index is 0.0823. The highest BCUT2D eigenvalue weighted by Gasteiger charge is 2.27. The van der Waals surface area contributed by atoms with Gasteiger partial charge in [0, 0.05) is 11.0 Å². The first kappa shape index (κ1) is 20.1. The van der Waals surface area contributed by atoms with Gasteiger partial charge in [-0.05, 0) is 42.3 Å². The zero-order valence-corrected chi connectivity index (χ0v) is 16.2. The highest BCUT2D eigenvalue weighted by molar-refractivity contribution is 9.10. The molecule has 2 aromatic carbocycles. The van der Waals surface area contributed by atoms with E-state index >= 15 is 0 Å². The summed E-state index contributed by atoms with van der Waals surface area (Å²) in [5.74, 6) is 0.0214. The molecule has 0 bridgehead atoms. The van der Waals surface area contributed by atoms with Crippen LogP contribution >= 0.6 is 15.9 Å². The number of hydrogen-bond donors (Lipinski definition) is 1. The van der Waals surface area contributed by atoms with Crippen LogP contribution in [0.5, 0.6) is 11.5 Å². The Morgan fingerprint density at radius 2 is 2.00 bits per heavy atom. The van der Waals surface area contributed by atoms with Crippen molar-refractivity contribution in [2.75, 3.05) is 24.6 Å². The molecule has 2 amide bonds. The summed E-state index contributed by atoms with van der Waals surface area (Å²) in [6.07, 6.45) is 0.515. The smallest absolute Gasteiger partial charge is 0.387 e. The number of carbonyl (C=O) groups excluding carboxylic acids is 2. The summed E-state index contributed by atoms with van der Waals surface area (Å²) in [5.41, 5.74) is 1.41. The van der Waals surface area contributed by atoms with Gasteiger partial charge in [-0.25, -0.2) is 0 Å². The van der Waals surface area contributed by atoms with Crippen LogP contribution in [0.3, 0.4) is 0 Å². The molecule has 0 saturated carbocycles. The van der Waals surface area contributed by atoms with Crippen molar-refractivity contribution < 1.29 is 27.8 Å². The Labute approximate surface area is 168 Å². The van der Waals surface area contributed by atoms with Crippen LogP contribution in [0.15, 0.2) is 46.9 Å². The van der Waals surface area contributed by atoms with Crippen LogP contribution in [0.1, 0.15) is 5.56 Å². The first-order valence-electron chi connectivity index (χ1n) is 8.45. The van der Waals surface area contributed by atoms with Gasteiger partial charge in [0.2, 0.25) is 5.91 Å². The van der Waals surface area contributed by atoms with Crippen LogP contribution in [-0.2, 0) is 16.0 Å². The number of hydrogen-bond acceptors (Lipinski definition) is 4. The molecule has 0 fully saturated rings. The van der Waals surface area contributed by atoms with Gasteiger partial charge < -0.3 is 14.8 Å². The first-order chi connectivity index (χ1) is 13.4. The lowest BCUT2D eigenvalue weighted by atomic mass is 10.1. The largest absolute Gasteiger partial charge is 0.482 e. The fourth-order valence-electron chi connectivity index (χ4n) is 2.73. The van der Waals surface area contributed by atoms with Gasteiger partial charge in [-0.15, -0.1) is 0 Å². The summed E-state index contributed by atoms with van der Waals surface area (Å²) in [7, 11) is 0. The third kappa shape index (κ3) is 5.19. The Morgan fingerprint density at radius 1 is 1.25 bits per heavy atom. The molecule has 148 valence electrons. The second kappa shape index (κ2) is 9.01. The van der Waals surface area contributed by atoms with Gasteiger partial charge in [0.25, 0.3) is 5.91 Å². The van der Waals surface area contributed by atoms with Crippen molar-refractivity contribution >= 4 is 33.4 Å². The minimum Gasteiger partial charge on any atom is -0.482 e. The lowest BCUT2D eigenvalue weighted by Crippen LogP contribution is -2.45. The summed E-state index contributed by atoms with van der Waals surface area (Å²) in [6, 6.07) is 11.4. The molecule has 0 unspecified atom stereocenters. The molecule has 0 radical (unpaired) electrons. The van der Waals surface area contributed by atoms with Gasteiger partial charge in [0.15, 0.2) is 6.61 Å². The van der Waals surface area contributed by atoms with Crippen molar-refractivity contribution in [2.45, 2.75) is 13.0 Å². The first-order valence-corrected chi connectivity index (χ1v) is 9.25. The molecule has 1 N–H and O–H groups in total. The SMILES string of the molecule is O=C(CN1C(=O)COc2cc(Br)ccc21)NCCc1ccc(OC(F)F)cc1. The molecule has 0 atom stereocenters. The molecule has 0 spiro atoms. The molecule has 1 aliphatic rings. The monoisotopic (exact) mass is 454 g/mol. The predicted octanol–water partition coefficient (Wildman–Crippen LogP) is 3.13. The van der Waals surface area contributed by atoms with Crippen molar-refractivity contribution in [3.8, 4) is 11.5 Å². The van der Waals surface area contributed by atoms with Gasteiger partial charge >= 0.3 is 6.61 Å². The number of benzene rings is 2. The van der Waals surface area contributed by atoms with Crippen LogP contribution in [0, 0.1) is 0 Å². The van der Waals surface area contributed by atoms with Gasteiger partial charge in [0.1, 0.15) is 18.0 Å². The lowest BCUT2D eigenvalue weighted by molar-refractivity contribution is -0.125. The maximum absolute atomic E-state index is 12.2. The van der Waals surface area contributed by atoms with Crippen LogP contribution in [0.2, 0.25) is 0 Å². The number of fused-ring (bicyclic) bond motifs is 1. The number of amides is 2. The average Bonchev–Trinajstić information content (AvgIpc) is 2.65. The Hall–Kier alpha value is -2.68. The molecular formula is C19H17BrF2N2O4. The number of nitrogens with zero attached hydrogens (tertiary/aromatic N) is 1. The van der Waals surface area contributed by atoms with Gasteiger partial charge in [-0.3, -0.25) is 14.5 Å². The normalized spacial score (nSPS) is 13.1. The topological polar surface area (TPSA) is 67.9 Å². The maximum atomic E-state index is 12.2. The second-order valence-electron chi connectivity index (χ2n) is 6.00. The summed E-state index contributed by atoms with van der Waals surface area (Å²) >= 11 is 3.34. The molecule has 28 heavy (non-hydrogen) atoms. The van der Waals surface area contributed by atoms with E-state index in [4.69, 9.17) is 4.74 Å². The molecule has 1 aliphatic heterocycles. The number of alkyl halides is 2. The molecule has 0 aromatic heterocycles. The number of ether oxygens (including phenoxy) is 2. The van der Waals surface area contributed by atoms with E-state index in [0.717, 1.165) is 10.0 Å². The Kier molecular flexibility index (Phi) is 6.45. The fourth-order valence-corrected chi connectivity index (χ4v) is 3.08. The quantitative estimate of drug-likeness (QED) is 0.697. The van der Waals surface area contributed by atoms with E-state index in [2.05, 4.69) is 26.0 Å². The minimum atomic E-state index is -2.86. The maximum Gasteiger partial charge on any atom is 0.387 e. The molecule has 1 heterocycles. The molecule has 2 aromatic rings. The highest BCUT2D eigenvalue weighted by Crippen LogP contribution is 2.34. The van der Waals surface area contributed by atoms with E-state index in [1.54, 1.807) is 30.3 Å². The van der Waals surface area contributed by atoms with Crippen molar-refractivity contribution in [3.05, 3.63) is 52.5 Å². The van der Waals surface area contributed by atoms with Crippen LogP contribution in [0.25, 0.3) is 0 Å². The number of anilines is 1. The summed E-state index contributed by atoms with van der Waals surface area (Å²) in [5, 5.41) is 2.75. The fraction of sp³-hybridized carbons (Fsp3) is 0.263. The number of rotatable bonds is 7. The third-order valence-corrected chi connectivity index (χ3v) is 4.54. The standard InChI is InChI=1S/C19H17BrF2N2O4/c20-13-3-6-15-16(9-13)27-11-18(26)24(15)10-17(25)23-8-7-12-1-4-14(5-2-12)28-19(21)22/h1-6,9,19H,7-8,10-11H2,(H,23,25). The zero-order chi connectivity index (χ0) is 20.1. The molecule has 0 aliphatic carbocycles. The number of carbonyl (C=O) groups is 2. The molecule has 9 heteroatoms. The van der Waals surface area contributed by atoms with Gasteiger partial charge in [-0.1, -0.05) is 28.1 Å².